The molecule has 0 bridgehead atoms. The summed E-state index contributed by atoms with van der Waals surface area (Å²) in [6, 6.07) is 0. The number of guanidine groups is 1. The fraction of sp³-hybridized carbons (Fsp3) is 0.931. The Labute approximate surface area is 226 Å². The van der Waals surface area contributed by atoms with Crippen LogP contribution < -0.4 is 28.7 Å². The van der Waals surface area contributed by atoms with Crippen LogP contribution in [0.4, 0.5) is 0 Å². The monoisotopic (exact) mass is 516 g/mol. The van der Waals surface area contributed by atoms with E-state index in [0.717, 1.165) is 51.7 Å². The lowest BCUT2D eigenvalue weighted by atomic mass is 9.89. The number of nitrogens with two attached hydrogens (primary N) is 5. The Bertz CT molecular complexity index is 524. The summed E-state index contributed by atoms with van der Waals surface area (Å²) in [7, 11) is 0. The average molecular weight is 516 g/mol. The smallest absolute Gasteiger partial charge is 0.185 e. The van der Waals surface area contributed by atoms with E-state index in [1.807, 2.05) is 0 Å². The van der Waals surface area contributed by atoms with Crippen molar-refractivity contribution in [2.75, 3.05) is 19.6 Å². The minimum absolute atomic E-state index is 0.184. The van der Waals surface area contributed by atoms with Crippen LogP contribution in [-0.4, -0.2) is 31.4 Å². The van der Waals surface area contributed by atoms with E-state index in [4.69, 9.17) is 34.1 Å². The zero-order valence-electron chi connectivity index (χ0n) is 26.6. The molecule has 36 heavy (non-hydrogen) atoms. The van der Waals surface area contributed by atoms with Crippen molar-refractivity contribution in [2.45, 2.75) is 134 Å². The highest BCUT2D eigenvalue weighted by molar-refractivity contribution is 5.76. The zero-order chi connectivity index (χ0) is 29.6. The largest absolute Gasteiger partial charge is 0.388 e. The Kier molecular flexibility index (Phi) is 25.2. The predicted molar refractivity (Wildman–Crippen MR) is 165 cm³/mol. The Hall–Kier alpha value is -1.34. The summed E-state index contributed by atoms with van der Waals surface area (Å²) in [5.74, 6) is 0.503. The summed E-state index contributed by atoms with van der Waals surface area (Å²) in [5, 5.41) is 7.01. The molecule has 0 saturated heterocycles. The molecule has 7 nitrogen and oxygen atoms in total. The van der Waals surface area contributed by atoms with Crippen molar-refractivity contribution >= 4 is 11.8 Å². The van der Waals surface area contributed by atoms with Crippen molar-refractivity contribution in [2.24, 2.45) is 55.3 Å². The molecule has 0 amide bonds. The minimum Gasteiger partial charge on any atom is -0.388 e. The van der Waals surface area contributed by atoms with Gasteiger partial charge < -0.3 is 28.7 Å². The van der Waals surface area contributed by atoms with Gasteiger partial charge in [-0.25, -0.2) is 0 Å². The molecule has 0 atom stereocenters. The fourth-order valence-corrected chi connectivity index (χ4v) is 2.56. The molecule has 11 N–H and O–H groups in total. The Morgan fingerprint density at radius 3 is 1.17 bits per heavy atom. The second-order valence-corrected chi connectivity index (χ2v) is 14.5. The number of rotatable bonds is 9. The number of amidine groups is 1. The van der Waals surface area contributed by atoms with E-state index in [9.17, 15) is 0 Å². The van der Waals surface area contributed by atoms with E-state index in [0.29, 0.717) is 27.5 Å². The molecule has 0 aromatic heterocycles. The quantitative estimate of drug-likeness (QED) is 0.119. The van der Waals surface area contributed by atoms with Gasteiger partial charge in [0, 0.05) is 13.0 Å². The Morgan fingerprint density at radius 2 is 0.944 bits per heavy atom. The number of hydrogen-bond donors (Lipinski definition) is 6. The summed E-state index contributed by atoms with van der Waals surface area (Å²) in [4.78, 5) is 3.88. The van der Waals surface area contributed by atoms with Crippen LogP contribution in [0.2, 0.25) is 0 Å². The highest BCUT2D eigenvalue weighted by Gasteiger charge is 2.09. The van der Waals surface area contributed by atoms with Crippen LogP contribution >= 0.6 is 0 Å². The van der Waals surface area contributed by atoms with E-state index in [-0.39, 0.29) is 5.96 Å². The Balaban J connectivity index is -0.000000192. The predicted octanol–water partition coefficient (Wildman–Crippen LogP) is 6.38. The summed E-state index contributed by atoms with van der Waals surface area (Å²) >= 11 is 0. The average Bonchev–Trinajstić information content (AvgIpc) is 2.61. The van der Waals surface area contributed by atoms with Crippen molar-refractivity contribution in [1.29, 1.82) is 5.41 Å². The molecular weight excluding hydrogens is 446 g/mol. The Morgan fingerprint density at radius 1 is 0.556 bits per heavy atom. The van der Waals surface area contributed by atoms with Crippen LogP contribution in [0, 0.1) is 27.1 Å². The van der Waals surface area contributed by atoms with Crippen molar-refractivity contribution in [3.05, 3.63) is 0 Å². The SMILES string of the molecule is CC(C)(C)CCCCC(=N)N.CC(C)(C)CCCN.CC(C)(C)CCN.CC(C)(C)CCN=C(N)N. The van der Waals surface area contributed by atoms with Crippen LogP contribution in [0.25, 0.3) is 0 Å². The van der Waals surface area contributed by atoms with Crippen LogP contribution in [0.3, 0.4) is 0 Å². The van der Waals surface area contributed by atoms with E-state index in [2.05, 4.69) is 88.1 Å². The molecule has 220 valence electrons. The number of unbranched alkanes of at least 4 members (excludes halogenated alkanes) is 1. The van der Waals surface area contributed by atoms with Gasteiger partial charge in [-0.2, -0.15) is 0 Å². The van der Waals surface area contributed by atoms with Crippen LogP contribution in [0.1, 0.15) is 134 Å². The van der Waals surface area contributed by atoms with Crippen LogP contribution in [0.15, 0.2) is 4.99 Å². The first-order valence-electron chi connectivity index (χ1n) is 13.7. The van der Waals surface area contributed by atoms with Gasteiger partial charge in [0.05, 0.1) is 5.84 Å². The number of hydrogen-bond acceptors (Lipinski definition) is 4. The number of nitrogens with zero attached hydrogens (tertiary/aromatic N) is 1. The van der Waals surface area contributed by atoms with Gasteiger partial charge >= 0.3 is 0 Å². The van der Waals surface area contributed by atoms with Gasteiger partial charge in [-0.15, -0.1) is 0 Å². The van der Waals surface area contributed by atoms with Crippen molar-refractivity contribution in [3.8, 4) is 0 Å². The molecule has 0 aliphatic carbocycles. The summed E-state index contributed by atoms with van der Waals surface area (Å²) in [6.45, 7) is 28.9. The molecule has 0 saturated carbocycles. The summed E-state index contributed by atoms with van der Waals surface area (Å²) in [6.07, 6.45) is 8.76. The molecule has 0 spiro atoms. The van der Waals surface area contributed by atoms with Gasteiger partial charge in [-0.3, -0.25) is 10.4 Å². The molecule has 0 radical (unpaired) electrons. The zero-order valence-corrected chi connectivity index (χ0v) is 26.6. The maximum atomic E-state index is 7.01. The second-order valence-electron chi connectivity index (χ2n) is 14.5. The lowest BCUT2D eigenvalue weighted by Crippen LogP contribution is -2.23. The van der Waals surface area contributed by atoms with Gasteiger partial charge in [-0.05, 0) is 73.3 Å². The molecule has 7 heteroatoms. The topological polar surface area (TPSA) is 166 Å². The maximum Gasteiger partial charge on any atom is 0.185 e. The normalized spacial score (nSPS) is 11.6. The molecular formula is C29H69N7. The summed E-state index contributed by atoms with van der Waals surface area (Å²) in [5.41, 5.74) is 27.8. The van der Waals surface area contributed by atoms with Gasteiger partial charge in [0.2, 0.25) is 0 Å². The molecule has 0 heterocycles. The van der Waals surface area contributed by atoms with E-state index < -0.39 is 0 Å². The van der Waals surface area contributed by atoms with Crippen LogP contribution in [0.5, 0.6) is 0 Å². The molecule has 0 unspecified atom stereocenters. The third kappa shape index (κ3) is 63.8. The summed E-state index contributed by atoms with van der Waals surface area (Å²) < 4.78 is 0. The van der Waals surface area contributed by atoms with Gasteiger partial charge in [0.15, 0.2) is 5.96 Å². The third-order valence-electron chi connectivity index (χ3n) is 4.80. The molecule has 0 aliphatic rings. The van der Waals surface area contributed by atoms with E-state index in [1.54, 1.807) is 0 Å². The highest BCUT2D eigenvalue weighted by atomic mass is 15.0. The fourth-order valence-electron chi connectivity index (χ4n) is 2.56. The van der Waals surface area contributed by atoms with E-state index >= 15 is 0 Å². The standard InChI is InChI=1S/C9H20N2.C7H17N3.C7H17N.C6H15N/c1-9(2,3)7-5-4-6-8(10)11;1-7(2,3)4-5-10-6(8)9;1-7(2,3)5-4-6-8;1-6(2,3)4-5-7/h4-7H2,1-3H3,(H3,10,11);4-5H2,1-3H3,(H4,8,9,10);4-6,8H2,1-3H3;4-5,7H2,1-3H3. The highest BCUT2D eigenvalue weighted by Crippen LogP contribution is 2.22. The van der Waals surface area contributed by atoms with Crippen molar-refractivity contribution in [3.63, 3.8) is 0 Å². The number of nitrogens with one attached hydrogen (secondary N) is 1. The lowest BCUT2D eigenvalue weighted by Gasteiger charge is -2.17. The van der Waals surface area contributed by atoms with Crippen molar-refractivity contribution < 1.29 is 0 Å². The van der Waals surface area contributed by atoms with Gasteiger partial charge in [0.1, 0.15) is 0 Å². The first kappa shape index (κ1) is 41.8. The first-order valence-corrected chi connectivity index (χ1v) is 13.7. The minimum atomic E-state index is 0.184. The van der Waals surface area contributed by atoms with Gasteiger partial charge in [0.25, 0.3) is 0 Å². The van der Waals surface area contributed by atoms with E-state index in [1.165, 1.54) is 19.3 Å². The molecule has 0 aromatic carbocycles. The molecule has 0 fully saturated rings. The third-order valence-corrected chi connectivity index (χ3v) is 4.80. The second kappa shape index (κ2) is 21.7. The first-order chi connectivity index (χ1) is 16.0. The maximum absolute atomic E-state index is 7.01. The van der Waals surface area contributed by atoms with Crippen LogP contribution in [-0.2, 0) is 0 Å². The molecule has 0 aliphatic heterocycles. The molecule has 0 rings (SSSR count). The number of aliphatic imine (C=N–C) groups is 1. The lowest BCUT2D eigenvalue weighted by molar-refractivity contribution is 0.361. The van der Waals surface area contributed by atoms with Crippen molar-refractivity contribution in [1.82, 2.24) is 0 Å². The van der Waals surface area contributed by atoms with Gasteiger partial charge in [-0.1, -0.05) is 89.5 Å². The molecule has 0 aromatic rings.